The van der Waals surface area contributed by atoms with Gasteiger partial charge in [0.15, 0.2) is 0 Å². The summed E-state index contributed by atoms with van der Waals surface area (Å²) in [5.74, 6) is 0.800. The van der Waals surface area contributed by atoms with Crippen LogP contribution in [-0.2, 0) is 6.54 Å². The topological polar surface area (TPSA) is 54.4 Å². The average Bonchev–Trinajstić information content (AvgIpc) is 2.28. The lowest BCUT2D eigenvalue weighted by Crippen LogP contribution is -2.23. The number of nitrogens with zero attached hydrogens (tertiary/aromatic N) is 1. The molecule has 0 aliphatic heterocycles. The molecule has 1 aromatic rings. The fraction of sp³-hybridized carbons (Fsp3) is 0.643. The zero-order chi connectivity index (χ0) is 13.5. The van der Waals surface area contributed by atoms with Crippen LogP contribution in [0, 0.1) is 6.92 Å². The molecule has 0 aliphatic rings. The van der Waals surface area contributed by atoms with E-state index in [1.54, 1.807) is 6.92 Å². The van der Waals surface area contributed by atoms with Gasteiger partial charge < -0.3 is 15.2 Å². The molecule has 1 aromatic heterocycles. The molecule has 0 aliphatic carbocycles. The van der Waals surface area contributed by atoms with Crippen LogP contribution in [0.25, 0.3) is 0 Å². The average molecular weight is 252 g/mol. The highest BCUT2D eigenvalue weighted by atomic mass is 16.5. The number of hydrogen-bond donors (Lipinski definition) is 2. The standard InChI is InChI=1S/C14H24N2O2/c1-10(2)15-9-13-14(6-5-11(3)16-13)18-8-7-12(4)17/h5-6,10,12,15,17H,7-9H2,1-4H3. The number of aliphatic hydroxyl groups excluding tert-OH is 1. The number of ether oxygens (including phenoxy) is 1. The van der Waals surface area contributed by atoms with E-state index in [1.807, 2.05) is 19.1 Å². The van der Waals surface area contributed by atoms with E-state index in [-0.39, 0.29) is 6.10 Å². The third kappa shape index (κ3) is 5.47. The van der Waals surface area contributed by atoms with Crippen molar-refractivity contribution in [1.29, 1.82) is 0 Å². The van der Waals surface area contributed by atoms with Crippen LogP contribution in [-0.4, -0.2) is 28.8 Å². The summed E-state index contributed by atoms with van der Waals surface area (Å²) in [5.41, 5.74) is 1.91. The maximum absolute atomic E-state index is 9.21. The van der Waals surface area contributed by atoms with Crippen molar-refractivity contribution in [1.82, 2.24) is 10.3 Å². The molecular weight excluding hydrogens is 228 g/mol. The van der Waals surface area contributed by atoms with Crippen molar-refractivity contribution in [3.63, 3.8) is 0 Å². The Labute approximate surface area is 109 Å². The van der Waals surface area contributed by atoms with Crippen LogP contribution >= 0.6 is 0 Å². The first-order chi connectivity index (χ1) is 8.49. The minimum absolute atomic E-state index is 0.333. The lowest BCUT2D eigenvalue weighted by molar-refractivity contribution is 0.155. The number of aliphatic hydroxyl groups is 1. The molecule has 1 rings (SSSR count). The van der Waals surface area contributed by atoms with E-state index in [4.69, 9.17) is 4.74 Å². The van der Waals surface area contributed by atoms with E-state index >= 15 is 0 Å². The quantitative estimate of drug-likeness (QED) is 0.779. The summed E-state index contributed by atoms with van der Waals surface area (Å²) in [6, 6.07) is 4.30. The lowest BCUT2D eigenvalue weighted by atomic mass is 10.2. The van der Waals surface area contributed by atoms with Crippen LogP contribution < -0.4 is 10.1 Å². The van der Waals surface area contributed by atoms with Gasteiger partial charge in [0, 0.05) is 24.7 Å². The first kappa shape index (κ1) is 14.9. The van der Waals surface area contributed by atoms with Gasteiger partial charge in [-0.3, -0.25) is 4.98 Å². The third-order valence-electron chi connectivity index (χ3n) is 2.54. The van der Waals surface area contributed by atoms with Gasteiger partial charge in [0.05, 0.1) is 18.4 Å². The van der Waals surface area contributed by atoms with Crippen molar-refractivity contribution in [2.45, 2.75) is 52.8 Å². The predicted molar refractivity (Wildman–Crippen MR) is 72.7 cm³/mol. The Morgan fingerprint density at radius 3 is 2.67 bits per heavy atom. The van der Waals surface area contributed by atoms with Gasteiger partial charge in [-0.25, -0.2) is 0 Å². The molecular formula is C14H24N2O2. The molecule has 0 spiro atoms. The maximum atomic E-state index is 9.21. The first-order valence-corrected chi connectivity index (χ1v) is 6.49. The SMILES string of the molecule is Cc1ccc(OCCC(C)O)c(CNC(C)C)n1. The molecule has 1 heterocycles. The van der Waals surface area contributed by atoms with Crippen LogP contribution in [0.3, 0.4) is 0 Å². The highest BCUT2D eigenvalue weighted by Gasteiger charge is 2.07. The van der Waals surface area contributed by atoms with Crippen LogP contribution in [0.2, 0.25) is 0 Å². The Morgan fingerprint density at radius 1 is 1.33 bits per heavy atom. The van der Waals surface area contributed by atoms with Crippen LogP contribution in [0.5, 0.6) is 5.75 Å². The first-order valence-electron chi connectivity index (χ1n) is 6.49. The number of aryl methyl sites for hydroxylation is 1. The Bertz CT molecular complexity index is 365. The smallest absolute Gasteiger partial charge is 0.142 e. The molecule has 2 N–H and O–H groups in total. The van der Waals surface area contributed by atoms with Crippen molar-refractivity contribution in [2.75, 3.05) is 6.61 Å². The Morgan fingerprint density at radius 2 is 2.06 bits per heavy atom. The largest absolute Gasteiger partial charge is 0.492 e. The molecule has 0 amide bonds. The lowest BCUT2D eigenvalue weighted by Gasteiger charge is -2.14. The second kappa shape index (κ2) is 7.34. The van der Waals surface area contributed by atoms with Gasteiger partial charge in [-0.2, -0.15) is 0 Å². The molecule has 0 saturated heterocycles. The zero-order valence-corrected chi connectivity index (χ0v) is 11.7. The van der Waals surface area contributed by atoms with E-state index in [9.17, 15) is 5.11 Å². The van der Waals surface area contributed by atoms with Gasteiger partial charge in [0.2, 0.25) is 0 Å². The molecule has 102 valence electrons. The van der Waals surface area contributed by atoms with E-state index in [0.717, 1.165) is 17.1 Å². The normalized spacial score (nSPS) is 12.8. The van der Waals surface area contributed by atoms with Crippen LogP contribution in [0.1, 0.15) is 38.6 Å². The summed E-state index contributed by atoms with van der Waals surface area (Å²) < 4.78 is 5.67. The highest BCUT2D eigenvalue weighted by Crippen LogP contribution is 2.17. The van der Waals surface area contributed by atoms with E-state index < -0.39 is 0 Å². The summed E-state index contributed by atoms with van der Waals surface area (Å²) in [5, 5.41) is 12.5. The molecule has 0 aromatic carbocycles. The van der Waals surface area contributed by atoms with Gasteiger partial charge in [-0.1, -0.05) is 13.8 Å². The summed E-state index contributed by atoms with van der Waals surface area (Å²) in [4.78, 5) is 4.49. The van der Waals surface area contributed by atoms with Crippen molar-refractivity contribution >= 4 is 0 Å². The summed E-state index contributed by atoms with van der Waals surface area (Å²) in [6.45, 7) is 9.14. The van der Waals surface area contributed by atoms with Crippen LogP contribution in [0.4, 0.5) is 0 Å². The molecule has 1 atom stereocenters. The highest BCUT2D eigenvalue weighted by molar-refractivity contribution is 5.29. The monoisotopic (exact) mass is 252 g/mol. The van der Waals surface area contributed by atoms with E-state index in [0.29, 0.717) is 25.6 Å². The Balaban J connectivity index is 2.64. The number of pyridine rings is 1. The number of nitrogens with one attached hydrogen (secondary N) is 1. The van der Waals surface area contributed by atoms with E-state index in [1.165, 1.54) is 0 Å². The van der Waals surface area contributed by atoms with Gasteiger partial charge >= 0.3 is 0 Å². The molecule has 0 fully saturated rings. The molecule has 0 radical (unpaired) electrons. The molecule has 0 saturated carbocycles. The van der Waals surface area contributed by atoms with Gasteiger partial charge in [-0.15, -0.1) is 0 Å². The Kier molecular flexibility index (Phi) is 6.09. The van der Waals surface area contributed by atoms with E-state index in [2.05, 4.69) is 24.1 Å². The van der Waals surface area contributed by atoms with Crippen molar-refractivity contribution in [3.05, 3.63) is 23.5 Å². The fourth-order valence-corrected chi connectivity index (χ4v) is 1.50. The summed E-state index contributed by atoms with van der Waals surface area (Å²) in [6.07, 6.45) is 0.297. The van der Waals surface area contributed by atoms with Crippen molar-refractivity contribution in [2.24, 2.45) is 0 Å². The molecule has 4 nitrogen and oxygen atoms in total. The second-order valence-corrected chi connectivity index (χ2v) is 4.92. The number of rotatable bonds is 7. The van der Waals surface area contributed by atoms with Crippen molar-refractivity contribution < 1.29 is 9.84 Å². The molecule has 18 heavy (non-hydrogen) atoms. The molecule has 0 bridgehead atoms. The molecule has 4 heteroatoms. The number of aromatic nitrogens is 1. The zero-order valence-electron chi connectivity index (χ0n) is 11.7. The second-order valence-electron chi connectivity index (χ2n) is 4.92. The number of hydrogen-bond acceptors (Lipinski definition) is 4. The van der Waals surface area contributed by atoms with Crippen LogP contribution in [0.15, 0.2) is 12.1 Å². The minimum atomic E-state index is -0.333. The predicted octanol–water partition coefficient (Wildman–Crippen LogP) is 2.04. The third-order valence-corrected chi connectivity index (χ3v) is 2.54. The van der Waals surface area contributed by atoms with Gasteiger partial charge in [0.1, 0.15) is 5.75 Å². The maximum Gasteiger partial charge on any atom is 0.142 e. The summed E-state index contributed by atoms with van der Waals surface area (Å²) >= 11 is 0. The Hall–Kier alpha value is -1.13. The summed E-state index contributed by atoms with van der Waals surface area (Å²) in [7, 11) is 0. The van der Waals surface area contributed by atoms with Gasteiger partial charge in [-0.05, 0) is 26.0 Å². The van der Waals surface area contributed by atoms with Crippen molar-refractivity contribution in [3.8, 4) is 5.75 Å². The van der Waals surface area contributed by atoms with Gasteiger partial charge in [0.25, 0.3) is 0 Å². The molecule has 1 unspecified atom stereocenters. The minimum Gasteiger partial charge on any atom is -0.492 e. The fourth-order valence-electron chi connectivity index (χ4n) is 1.50.